The van der Waals surface area contributed by atoms with Crippen molar-refractivity contribution in [1.82, 2.24) is 0 Å². The van der Waals surface area contributed by atoms with Crippen LogP contribution >= 0.6 is 11.6 Å². The average Bonchev–Trinajstić information content (AvgIpc) is 2.90. The molecule has 0 aromatic heterocycles. The zero-order valence-corrected chi connectivity index (χ0v) is 12.4. The number of hydrogen-bond acceptors (Lipinski definition) is 3. The second kappa shape index (κ2) is 5.67. The summed E-state index contributed by atoms with van der Waals surface area (Å²) >= 11 is 6.08. The molecule has 0 fully saturated rings. The summed E-state index contributed by atoms with van der Waals surface area (Å²) in [5, 5.41) is 12.9. The molecule has 3 rings (SSSR count). The number of nitrogens with one attached hydrogen (secondary N) is 1. The van der Waals surface area contributed by atoms with Gasteiger partial charge in [-0.05, 0) is 54.3 Å². The third-order valence-corrected chi connectivity index (χ3v) is 4.17. The number of halogens is 1. The number of aryl methyl sites for hydroxylation is 1. The Kier molecular flexibility index (Phi) is 3.72. The Morgan fingerprint density at radius 3 is 2.86 bits per heavy atom. The van der Waals surface area contributed by atoms with E-state index in [2.05, 4.69) is 23.5 Å². The maximum absolute atomic E-state index is 8.91. The van der Waals surface area contributed by atoms with Crippen LogP contribution in [-0.4, -0.2) is 7.11 Å². The van der Waals surface area contributed by atoms with E-state index in [-0.39, 0.29) is 6.04 Å². The largest absolute Gasteiger partial charge is 0.497 e. The first kappa shape index (κ1) is 13.8. The molecule has 0 amide bonds. The van der Waals surface area contributed by atoms with Gasteiger partial charge in [0.2, 0.25) is 0 Å². The van der Waals surface area contributed by atoms with Gasteiger partial charge in [-0.15, -0.1) is 0 Å². The minimum absolute atomic E-state index is 0.249. The molecule has 1 atom stereocenters. The Morgan fingerprint density at radius 2 is 2.14 bits per heavy atom. The molecule has 0 bridgehead atoms. The second-order valence-corrected chi connectivity index (χ2v) is 5.51. The zero-order chi connectivity index (χ0) is 14.8. The van der Waals surface area contributed by atoms with Gasteiger partial charge in [0.25, 0.3) is 0 Å². The number of rotatable bonds is 3. The molecule has 2 aromatic rings. The maximum Gasteiger partial charge on any atom is 0.119 e. The van der Waals surface area contributed by atoms with Crippen molar-refractivity contribution >= 4 is 17.3 Å². The third kappa shape index (κ3) is 2.68. The fourth-order valence-corrected chi connectivity index (χ4v) is 2.98. The SMILES string of the molecule is COc1ccc2c(c1)C(Nc1ccc(C#N)c(Cl)c1)CC2. The van der Waals surface area contributed by atoms with Crippen LogP contribution in [0.15, 0.2) is 36.4 Å². The zero-order valence-electron chi connectivity index (χ0n) is 11.7. The molecule has 0 heterocycles. The van der Waals surface area contributed by atoms with Crippen molar-refractivity contribution in [1.29, 1.82) is 5.26 Å². The van der Waals surface area contributed by atoms with E-state index in [1.807, 2.05) is 12.1 Å². The molecule has 0 saturated carbocycles. The molecule has 1 unspecified atom stereocenters. The monoisotopic (exact) mass is 298 g/mol. The predicted octanol–water partition coefficient (Wildman–Crippen LogP) is 4.32. The number of anilines is 1. The van der Waals surface area contributed by atoms with Gasteiger partial charge >= 0.3 is 0 Å². The Morgan fingerprint density at radius 1 is 1.29 bits per heavy atom. The molecule has 1 aliphatic rings. The number of nitriles is 1. The predicted molar refractivity (Wildman–Crippen MR) is 83.8 cm³/mol. The first-order valence-corrected chi connectivity index (χ1v) is 7.22. The highest BCUT2D eigenvalue weighted by Gasteiger charge is 2.23. The van der Waals surface area contributed by atoms with Crippen LogP contribution in [0.25, 0.3) is 0 Å². The second-order valence-electron chi connectivity index (χ2n) is 5.11. The summed E-state index contributed by atoms with van der Waals surface area (Å²) in [5.74, 6) is 0.875. The van der Waals surface area contributed by atoms with Gasteiger partial charge in [0.15, 0.2) is 0 Å². The molecule has 21 heavy (non-hydrogen) atoms. The van der Waals surface area contributed by atoms with Gasteiger partial charge in [-0.2, -0.15) is 5.26 Å². The minimum Gasteiger partial charge on any atom is -0.497 e. The van der Waals surface area contributed by atoms with E-state index in [1.54, 1.807) is 19.2 Å². The van der Waals surface area contributed by atoms with Gasteiger partial charge in [-0.25, -0.2) is 0 Å². The summed E-state index contributed by atoms with van der Waals surface area (Å²) in [7, 11) is 1.68. The lowest BCUT2D eigenvalue weighted by Gasteiger charge is -2.16. The summed E-state index contributed by atoms with van der Waals surface area (Å²) in [4.78, 5) is 0. The molecule has 2 aromatic carbocycles. The van der Waals surface area contributed by atoms with E-state index in [4.69, 9.17) is 21.6 Å². The van der Waals surface area contributed by atoms with Crippen molar-refractivity contribution in [3.8, 4) is 11.8 Å². The molecule has 0 spiro atoms. The number of ether oxygens (including phenoxy) is 1. The van der Waals surface area contributed by atoms with Gasteiger partial charge in [0.1, 0.15) is 11.8 Å². The lowest BCUT2D eigenvalue weighted by atomic mass is 10.1. The lowest BCUT2D eigenvalue weighted by Crippen LogP contribution is -2.07. The summed E-state index contributed by atoms with van der Waals surface area (Å²) in [6.45, 7) is 0. The van der Waals surface area contributed by atoms with Crippen molar-refractivity contribution in [3.63, 3.8) is 0 Å². The number of fused-ring (bicyclic) bond motifs is 1. The molecule has 1 N–H and O–H groups in total. The maximum atomic E-state index is 8.91. The molecule has 3 nitrogen and oxygen atoms in total. The molecule has 0 aliphatic heterocycles. The van der Waals surface area contributed by atoms with Crippen LogP contribution in [0.3, 0.4) is 0 Å². The van der Waals surface area contributed by atoms with Crippen molar-refractivity contribution < 1.29 is 4.74 Å². The van der Waals surface area contributed by atoms with Crippen LogP contribution < -0.4 is 10.1 Å². The fourth-order valence-electron chi connectivity index (χ4n) is 2.75. The van der Waals surface area contributed by atoms with Crippen LogP contribution in [0, 0.1) is 11.3 Å². The van der Waals surface area contributed by atoms with Crippen molar-refractivity contribution in [2.24, 2.45) is 0 Å². The van der Waals surface area contributed by atoms with Crippen LogP contribution in [0.1, 0.15) is 29.2 Å². The van der Waals surface area contributed by atoms with Crippen LogP contribution in [0.4, 0.5) is 5.69 Å². The quantitative estimate of drug-likeness (QED) is 0.918. The topological polar surface area (TPSA) is 45.0 Å². The van der Waals surface area contributed by atoms with Crippen molar-refractivity contribution in [2.75, 3.05) is 12.4 Å². The van der Waals surface area contributed by atoms with Crippen LogP contribution in [0.2, 0.25) is 5.02 Å². The van der Waals surface area contributed by atoms with E-state index in [1.165, 1.54) is 11.1 Å². The van der Waals surface area contributed by atoms with E-state index in [9.17, 15) is 0 Å². The summed E-state index contributed by atoms with van der Waals surface area (Å²) in [6.07, 6.45) is 2.10. The number of hydrogen-bond donors (Lipinski definition) is 1. The third-order valence-electron chi connectivity index (χ3n) is 3.86. The van der Waals surface area contributed by atoms with Gasteiger partial charge in [-0.3, -0.25) is 0 Å². The van der Waals surface area contributed by atoms with E-state index in [0.717, 1.165) is 24.3 Å². The van der Waals surface area contributed by atoms with Crippen LogP contribution in [0.5, 0.6) is 5.75 Å². The van der Waals surface area contributed by atoms with Crippen LogP contribution in [-0.2, 0) is 6.42 Å². The molecular weight excluding hydrogens is 284 g/mol. The van der Waals surface area contributed by atoms with Gasteiger partial charge < -0.3 is 10.1 Å². The molecule has 4 heteroatoms. The average molecular weight is 299 g/mol. The fraction of sp³-hybridized carbons (Fsp3) is 0.235. The molecule has 106 valence electrons. The lowest BCUT2D eigenvalue weighted by molar-refractivity contribution is 0.414. The normalized spacial score (nSPS) is 16.1. The summed E-state index contributed by atoms with van der Waals surface area (Å²) in [6, 6.07) is 14.0. The molecule has 0 saturated heterocycles. The molecule has 0 radical (unpaired) electrons. The highest BCUT2D eigenvalue weighted by molar-refractivity contribution is 6.32. The highest BCUT2D eigenvalue weighted by Crippen LogP contribution is 2.36. The smallest absolute Gasteiger partial charge is 0.119 e. The molecular formula is C17H15ClN2O. The Balaban J connectivity index is 1.85. The molecule has 1 aliphatic carbocycles. The first-order valence-electron chi connectivity index (χ1n) is 6.84. The Labute approximate surface area is 129 Å². The van der Waals surface area contributed by atoms with E-state index in [0.29, 0.717) is 10.6 Å². The van der Waals surface area contributed by atoms with Gasteiger partial charge in [0, 0.05) is 5.69 Å². The minimum atomic E-state index is 0.249. The van der Waals surface area contributed by atoms with E-state index >= 15 is 0 Å². The number of benzene rings is 2. The van der Waals surface area contributed by atoms with Crippen molar-refractivity contribution in [3.05, 3.63) is 58.1 Å². The number of methoxy groups -OCH3 is 1. The highest BCUT2D eigenvalue weighted by atomic mass is 35.5. The van der Waals surface area contributed by atoms with Crippen molar-refractivity contribution in [2.45, 2.75) is 18.9 Å². The van der Waals surface area contributed by atoms with Gasteiger partial charge in [-0.1, -0.05) is 17.7 Å². The standard InChI is InChI=1S/C17H15ClN2O/c1-21-14-6-3-11-4-7-17(15(11)9-14)20-13-5-2-12(10-19)16(18)8-13/h2-3,5-6,8-9,17,20H,4,7H2,1H3. The Hall–Kier alpha value is -2.18. The van der Waals surface area contributed by atoms with E-state index < -0.39 is 0 Å². The summed E-state index contributed by atoms with van der Waals surface area (Å²) < 4.78 is 5.30. The Bertz CT molecular complexity index is 721. The van der Waals surface area contributed by atoms with Gasteiger partial charge in [0.05, 0.1) is 23.7 Å². The first-order chi connectivity index (χ1) is 10.2. The summed E-state index contributed by atoms with van der Waals surface area (Å²) in [5.41, 5.74) is 4.05. The number of nitrogens with zero attached hydrogens (tertiary/aromatic N) is 1.